The number of anilines is 1. The first kappa shape index (κ1) is 14.8. The van der Waals surface area contributed by atoms with Gasteiger partial charge >= 0.3 is 6.03 Å². The third kappa shape index (κ3) is 2.79. The number of nitrogens with one attached hydrogen (secondary N) is 1. The van der Waals surface area contributed by atoms with E-state index in [4.69, 9.17) is 16.3 Å². The van der Waals surface area contributed by atoms with Crippen LogP contribution in [0.4, 0.5) is 10.5 Å². The minimum absolute atomic E-state index is 0.0825. The topological polar surface area (TPSA) is 41.6 Å². The second kappa shape index (κ2) is 6.06. The van der Waals surface area contributed by atoms with Crippen LogP contribution in [0.3, 0.4) is 0 Å². The molecule has 1 aromatic carbocycles. The van der Waals surface area contributed by atoms with Crippen LogP contribution in [0.5, 0.6) is 5.75 Å². The predicted molar refractivity (Wildman–Crippen MR) is 92.7 cm³/mol. The molecule has 2 aromatic rings. The number of fused-ring (bicyclic) bond motifs is 1. The molecule has 0 bridgehead atoms. The second-order valence-corrected chi connectivity index (χ2v) is 7.25. The van der Waals surface area contributed by atoms with Crippen LogP contribution >= 0.6 is 22.9 Å². The molecule has 3 heterocycles. The number of benzene rings is 1. The summed E-state index contributed by atoms with van der Waals surface area (Å²) in [6, 6.07) is 7.89. The minimum atomic E-state index is -0.0825. The van der Waals surface area contributed by atoms with Gasteiger partial charge in [-0.25, -0.2) is 4.79 Å². The van der Waals surface area contributed by atoms with Crippen molar-refractivity contribution in [1.29, 1.82) is 0 Å². The van der Waals surface area contributed by atoms with Gasteiger partial charge in [0, 0.05) is 28.4 Å². The maximum atomic E-state index is 12.8. The van der Waals surface area contributed by atoms with E-state index in [1.165, 1.54) is 4.88 Å². The zero-order valence-electron chi connectivity index (χ0n) is 12.5. The van der Waals surface area contributed by atoms with E-state index in [-0.39, 0.29) is 12.1 Å². The first-order valence-electron chi connectivity index (χ1n) is 7.78. The van der Waals surface area contributed by atoms with Crippen molar-refractivity contribution in [2.75, 3.05) is 18.5 Å². The molecule has 1 N–H and O–H groups in total. The smallest absolute Gasteiger partial charge is 0.322 e. The van der Waals surface area contributed by atoms with E-state index in [0.29, 0.717) is 17.3 Å². The number of likely N-dealkylation sites (tertiary alicyclic amines) is 1. The summed E-state index contributed by atoms with van der Waals surface area (Å²) in [5.41, 5.74) is 1.73. The van der Waals surface area contributed by atoms with E-state index in [0.717, 1.165) is 37.1 Å². The molecule has 1 fully saturated rings. The van der Waals surface area contributed by atoms with Crippen molar-refractivity contribution < 1.29 is 9.53 Å². The van der Waals surface area contributed by atoms with Gasteiger partial charge in [-0.1, -0.05) is 17.7 Å². The number of thiophene rings is 1. The predicted octanol–water partition coefficient (Wildman–Crippen LogP) is 4.71. The lowest BCUT2D eigenvalue weighted by molar-refractivity contribution is 0.207. The van der Waals surface area contributed by atoms with Gasteiger partial charge in [0.15, 0.2) is 0 Å². The Bertz CT molecular complexity index is 732. The summed E-state index contributed by atoms with van der Waals surface area (Å²) in [7, 11) is 0. The Hall–Kier alpha value is -1.72. The highest BCUT2D eigenvalue weighted by atomic mass is 35.5. The molecule has 1 atom stereocenters. The summed E-state index contributed by atoms with van der Waals surface area (Å²) in [5, 5.41) is 5.68. The summed E-state index contributed by atoms with van der Waals surface area (Å²) in [4.78, 5) is 15.9. The number of amides is 2. The molecule has 4 nitrogen and oxygen atoms in total. The normalized spacial score (nSPS) is 19.5. The lowest BCUT2D eigenvalue weighted by Gasteiger charge is -2.24. The number of carbonyl (C=O) groups excluding carboxylic acids is 1. The Labute approximate surface area is 144 Å². The summed E-state index contributed by atoms with van der Waals surface area (Å²) in [6.45, 7) is 1.41. The molecule has 2 amide bonds. The molecule has 0 saturated carbocycles. The maximum absolute atomic E-state index is 12.8. The summed E-state index contributed by atoms with van der Waals surface area (Å²) in [5.74, 6) is 0.759. The van der Waals surface area contributed by atoms with Gasteiger partial charge in [0.2, 0.25) is 0 Å². The maximum Gasteiger partial charge on any atom is 0.322 e. The highest BCUT2D eigenvalue weighted by molar-refractivity contribution is 7.10. The van der Waals surface area contributed by atoms with Crippen LogP contribution in [0.15, 0.2) is 29.6 Å². The van der Waals surface area contributed by atoms with Crippen molar-refractivity contribution in [3.05, 3.63) is 45.1 Å². The van der Waals surface area contributed by atoms with E-state index in [9.17, 15) is 4.79 Å². The Morgan fingerprint density at radius 1 is 1.43 bits per heavy atom. The van der Waals surface area contributed by atoms with Crippen LogP contribution in [0, 0.1) is 0 Å². The summed E-state index contributed by atoms with van der Waals surface area (Å²) >= 11 is 7.87. The molecular formula is C17H17ClN2O2S. The lowest BCUT2D eigenvalue weighted by Crippen LogP contribution is -2.34. The average molecular weight is 349 g/mol. The van der Waals surface area contributed by atoms with Gasteiger partial charge in [-0.3, -0.25) is 0 Å². The fourth-order valence-electron chi connectivity index (χ4n) is 3.34. The molecule has 6 heteroatoms. The Morgan fingerprint density at radius 2 is 2.35 bits per heavy atom. The number of ether oxygens (including phenoxy) is 1. The largest absolute Gasteiger partial charge is 0.491 e. The van der Waals surface area contributed by atoms with E-state index in [2.05, 4.69) is 16.8 Å². The number of hydrogen-bond donors (Lipinski definition) is 1. The average Bonchev–Trinajstić information content (AvgIpc) is 3.27. The van der Waals surface area contributed by atoms with Crippen LogP contribution < -0.4 is 10.1 Å². The number of rotatable bonds is 2. The van der Waals surface area contributed by atoms with Crippen LogP contribution in [-0.2, 0) is 6.42 Å². The third-order valence-electron chi connectivity index (χ3n) is 4.38. The summed E-state index contributed by atoms with van der Waals surface area (Å²) < 4.78 is 5.66. The zero-order valence-corrected chi connectivity index (χ0v) is 14.1. The molecule has 1 saturated heterocycles. The quantitative estimate of drug-likeness (QED) is 0.854. The van der Waals surface area contributed by atoms with Crippen LogP contribution in [0.2, 0.25) is 5.02 Å². The Kier molecular flexibility index (Phi) is 3.91. The molecule has 2 aliphatic heterocycles. The molecule has 0 spiro atoms. The van der Waals surface area contributed by atoms with Gasteiger partial charge in [0.05, 0.1) is 18.3 Å². The van der Waals surface area contributed by atoms with Crippen molar-refractivity contribution >= 4 is 34.7 Å². The van der Waals surface area contributed by atoms with Gasteiger partial charge < -0.3 is 15.0 Å². The highest BCUT2D eigenvalue weighted by Crippen LogP contribution is 2.38. The molecule has 23 heavy (non-hydrogen) atoms. The van der Waals surface area contributed by atoms with E-state index >= 15 is 0 Å². The van der Waals surface area contributed by atoms with E-state index < -0.39 is 0 Å². The van der Waals surface area contributed by atoms with Crippen LogP contribution in [-0.4, -0.2) is 24.1 Å². The molecule has 1 unspecified atom stereocenters. The van der Waals surface area contributed by atoms with E-state index in [1.54, 1.807) is 17.4 Å². The highest BCUT2D eigenvalue weighted by Gasteiger charge is 2.31. The fourth-order valence-corrected chi connectivity index (χ4v) is 4.45. The van der Waals surface area contributed by atoms with Gasteiger partial charge in [0.25, 0.3) is 0 Å². The lowest BCUT2D eigenvalue weighted by atomic mass is 10.1. The molecule has 2 aliphatic rings. The molecule has 4 rings (SSSR count). The van der Waals surface area contributed by atoms with Crippen molar-refractivity contribution in [2.45, 2.75) is 25.3 Å². The molecule has 1 aromatic heterocycles. The first-order valence-corrected chi connectivity index (χ1v) is 9.04. The van der Waals surface area contributed by atoms with Crippen molar-refractivity contribution in [1.82, 2.24) is 4.90 Å². The number of nitrogens with zero attached hydrogens (tertiary/aromatic N) is 1. The Morgan fingerprint density at radius 3 is 3.17 bits per heavy atom. The number of carbonyl (C=O) groups is 1. The van der Waals surface area contributed by atoms with Gasteiger partial charge in [-0.15, -0.1) is 11.3 Å². The number of halogens is 1. The third-order valence-corrected chi connectivity index (χ3v) is 5.57. The van der Waals surface area contributed by atoms with Crippen molar-refractivity contribution in [2.24, 2.45) is 0 Å². The van der Waals surface area contributed by atoms with Gasteiger partial charge in [0.1, 0.15) is 5.75 Å². The number of hydrogen-bond acceptors (Lipinski definition) is 3. The molecular weight excluding hydrogens is 332 g/mol. The summed E-state index contributed by atoms with van der Waals surface area (Å²) in [6.07, 6.45) is 2.87. The minimum Gasteiger partial charge on any atom is -0.491 e. The Balaban J connectivity index is 1.56. The van der Waals surface area contributed by atoms with Crippen LogP contribution in [0.25, 0.3) is 0 Å². The number of urea groups is 1. The molecule has 0 radical (unpaired) electrons. The zero-order chi connectivity index (χ0) is 15.8. The van der Waals surface area contributed by atoms with Crippen molar-refractivity contribution in [3.8, 4) is 5.75 Å². The van der Waals surface area contributed by atoms with Crippen LogP contribution in [0.1, 0.15) is 29.3 Å². The monoisotopic (exact) mass is 348 g/mol. The van der Waals surface area contributed by atoms with Gasteiger partial charge in [-0.2, -0.15) is 0 Å². The fraction of sp³-hybridized carbons (Fsp3) is 0.353. The second-order valence-electron chi connectivity index (χ2n) is 5.84. The first-order chi connectivity index (χ1) is 11.2. The standard InChI is InChI=1S/C17H17ClN2O2S/c18-12-9-11-5-7-22-16(11)13(10-12)19-17(21)20-6-1-3-14(20)15-4-2-8-23-15/h2,4,8-10,14H,1,3,5-7H2,(H,19,21). The van der Waals surface area contributed by atoms with E-state index in [1.807, 2.05) is 17.0 Å². The molecule has 120 valence electrons. The molecule has 0 aliphatic carbocycles. The SMILES string of the molecule is O=C(Nc1cc(Cl)cc2c1OCC2)N1CCCC1c1cccs1. The van der Waals surface area contributed by atoms with Crippen molar-refractivity contribution in [3.63, 3.8) is 0 Å². The van der Waals surface area contributed by atoms with Gasteiger partial charge in [-0.05, 0) is 36.4 Å².